The molecule has 0 bridgehead atoms. The molecule has 9 heteroatoms. The number of nitrogens with one attached hydrogen (secondary N) is 2. The van der Waals surface area contributed by atoms with Crippen molar-refractivity contribution in [3.63, 3.8) is 0 Å². The van der Waals surface area contributed by atoms with Gasteiger partial charge in [-0.2, -0.15) is 0 Å². The van der Waals surface area contributed by atoms with Crippen LogP contribution >= 0.6 is 24.0 Å². The highest BCUT2D eigenvalue weighted by Crippen LogP contribution is 2.06. The maximum atomic E-state index is 5.76. The summed E-state index contributed by atoms with van der Waals surface area (Å²) in [4.78, 5) is 8.54. The molecule has 1 rings (SSSR count). The molecule has 1 aromatic rings. The maximum absolute atomic E-state index is 5.76. The van der Waals surface area contributed by atoms with Gasteiger partial charge in [0, 0.05) is 27.3 Å². The van der Waals surface area contributed by atoms with Gasteiger partial charge in [-0.1, -0.05) is 24.3 Å². The minimum atomic E-state index is 0. The van der Waals surface area contributed by atoms with Crippen molar-refractivity contribution in [2.75, 3.05) is 40.5 Å². The number of methoxy groups -OCH3 is 2. The van der Waals surface area contributed by atoms with Gasteiger partial charge >= 0.3 is 0 Å². The SMILES string of the molecule is COCCNC(N)=NCc1ccc(CN=C(N)NCCOC)cc1.I. The van der Waals surface area contributed by atoms with Crippen molar-refractivity contribution >= 4 is 35.9 Å². The van der Waals surface area contributed by atoms with Crippen LogP contribution in [0.1, 0.15) is 11.1 Å². The number of aliphatic imine (C=N–C) groups is 2. The van der Waals surface area contributed by atoms with Crippen LogP contribution < -0.4 is 22.1 Å². The highest BCUT2D eigenvalue weighted by atomic mass is 127. The molecule has 0 aliphatic carbocycles. The zero-order valence-electron chi connectivity index (χ0n) is 14.8. The van der Waals surface area contributed by atoms with Crippen LogP contribution in [0, 0.1) is 0 Å². The van der Waals surface area contributed by atoms with Crippen LogP contribution in [0.5, 0.6) is 0 Å². The molecule has 0 fully saturated rings. The number of benzene rings is 1. The summed E-state index contributed by atoms with van der Waals surface area (Å²) in [5.41, 5.74) is 13.7. The van der Waals surface area contributed by atoms with Crippen molar-refractivity contribution in [3.8, 4) is 0 Å². The molecular weight excluding hydrogens is 435 g/mol. The molecule has 0 saturated heterocycles. The molecule has 0 amide bonds. The second kappa shape index (κ2) is 14.7. The Labute approximate surface area is 166 Å². The van der Waals surface area contributed by atoms with Crippen LogP contribution in [0.25, 0.3) is 0 Å². The molecule has 142 valence electrons. The van der Waals surface area contributed by atoms with Gasteiger partial charge < -0.3 is 31.6 Å². The van der Waals surface area contributed by atoms with Gasteiger partial charge in [0.2, 0.25) is 0 Å². The topological polar surface area (TPSA) is 119 Å². The number of hydrogen-bond acceptors (Lipinski definition) is 4. The van der Waals surface area contributed by atoms with E-state index in [-0.39, 0.29) is 24.0 Å². The highest BCUT2D eigenvalue weighted by molar-refractivity contribution is 14.0. The van der Waals surface area contributed by atoms with Gasteiger partial charge in [0.15, 0.2) is 11.9 Å². The number of hydrogen-bond donors (Lipinski definition) is 4. The van der Waals surface area contributed by atoms with E-state index in [4.69, 9.17) is 20.9 Å². The summed E-state index contributed by atoms with van der Waals surface area (Å²) in [6.07, 6.45) is 0. The molecule has 25 heavy (non-hydrogen) atoms. The summed E-state index contributed by atoms with van der Waals surface area (Å²) < 4.78 is 9.86. The lowest BCUT2D eigenvalue weighted by molar-refractivity contribution is 0.204. The number of nitrogens with zero attached hydrogens (tertiary/aromatic N) is 2. The molecule has 1 aromatic carbocycles. The molecular formula is C16H29IN6O2. The van der Waals surface area contributed by atoms with Gasteiger partial charge in [0.05, 0.1) is 26.3 Å². The van der Waals surface area contributed by atoms with Gasteiger partial charge in [-0.25, -0.2) is 9.98 Å². The summed E-state index contributed by atoms with van der Waals surface area (Å²) in [5, 5.41) is 5.95. The molecule has 0 aliphatic heterocycles. The van der Waals surface area contributed by atoms with Gasteiger partial charge in [-0.3, -0.25) is 0 Å². The third-order valence-corrected chi connectivity index (χ3v) is 3.11. The second-order valence-corrected chi connectivity index (χ2v) is 5.06. The van der Waals surface area contributed by atoms with Crippen molar-refractivity contribution in [2.45, 2.75) is 13.1 Å². The first-order valence-corrected chi connectivity index (χ1v) is 7.79. The maximum Gasteiger partial charge on any atom is 0.188 e. The Morgan fingerprint density at radius 2 is 1.20 bits per heavy atom. The average Bonchev–Trinajstić information content (AvgIpc) is 2.59. The Balaban J connectivity index is 0.00000576. The molecule has 8 nitrogen and oxygen atoms in total. The van der Waals surface area contributed by atoms with Crippen molar-refractivity contribution in [2.24, 2.45) is 21.5 Å². The van der Waals surface area contributed by atoms with Crippen LogP contribution in [0.4, 0.5) is 0 Å². The number of halogens is 1. The minimum absolute atomic E-state index is 0. The van der Waals surface area contributed by atoms with E-state index in [0.717, 1.165) is 11.1 Å². The predicted octanol–water partition coefficient (Wildman–Crippen LogP) is 0.406. The molecule has 0 saturated carbocycles. The van der Waals surface area contributed by atoms with Crippen molar-refractivity contribution in [1.82, 2.24) is 10.6 Å². The van der Waals surface area contributed by atoms with E-state index in [0.29, 0.717) is 51.3 Å². The van der Waals surface area contributed by atoms with E-state index in [1.54, 1.807) is 14.2 Å². The molecule has 0 heterocycles. The fourth-order valence-corrected chi connectivity index (χ4v) is 1.78. The number of guanidine groups is 2. The molecule has 0 atom stereocenters. The molecule has 0 radical (unpaired) electrons. The van der Waals surface area contributed by atoms with E-state index in [1.807, 2.05) is 24.3 Å². The standard InChI is InChI=1S/C16H28N6O2.HI/c1-23-9-7-19-15(17)21-11-13-3-5-14(6-4-13)12-22-16(18)20-8-10-24-2;/h3-6H,7-12H2,1-2H3,(H3,17,19,21)(H3,18,20,22);1H. The van der Waals surface area contributed by atoms with Gasteiger partial charge in [0.25, 0.3) is 0 Å². The molecule has 6 N–H and O–H groups in total. The number of rotatable bonds is 10. The summed E-state index contributed by atoms with van der Waals surface area (Å²) >= 11 is 0. The van der Waals surface area contributed by atoms with Gasteiger partial charge in [-0.05, 0) is 11.1 Å². The first-order chi connectivity index (χ1) is 11.7. The average molecular weight is 464 g/mol. The number of nitrogens with two attached hydrogens (primary N) is 2. The normalized spacial score (nSPS) is 11.8. The lowest BCUT2D eigenvalue weighted by Crippen LogP contribution is -2.34. The summed E-state index contributed by atoms with van der Waals surface area (Å²) in [6, 6.07) is 8.02. The highest BCUT2D eigenvalue weighted by Gasteiger charge is 1.96. The molecule has 0 unspecified atom stereocenters. The molecule has 0 aliphatic rings. The van der Waals surface area contributed by atoms with Gasteiger partial charge in [0.1, 0.15) is 0 Å². The van der Waals surface area contributed by atoms with Crippen LogP contribution in [-0.4, -0.2) is 52.4 Å². The second-order valence-electron chi connectivity index (χ2n) is 5.06. The predicted molar refractivity (Wildman–Crippen MR) is 112 cm³/mol. The Kier molecular flexibility index (Phi) is 13.8. The van der Waals surface area contributed by atoms with Crippen LogP contribution in [0.3, 0.4) is 0 Å². The van der Waals surface area contributed by atoms with Crippen molar-refractivity contribution in [1.29, 1.82) is 0 Å². The summed E-state index contributed by atoms with van der Waals surface area (Å²) in [6.45, 7) is 3.52. The zero-order valence-corrected chi connectivity index (χ0v) is 17.2. The Morgan fingerprint density at radius 1 is 0.840 bits per heavy atom. The van der Waals surface area contributed by atoms with Crippen LogP contribution in [-0.2, 0) is 22.6 Å². The Morgan fingerprint density at radius 3 is 1.52 bits per heavy atom. The summed E-state index contributed by atoms with van der Waals surface area (Å²) in [7, 11) is 3.29. The largest absolute Gasteiger partial charge is 0.383 e. The van der Waals surface area contributed by atoms with Gasteiger partial charge in [-0.15, -0.1) is 24.0 Å². The molecule has 0 spiro atoms. The Bertz CT molecular complexity index is 475. The van der Waals surface area contributed by atoms with E-state index in [1.165, 1.54) is 0 Å². The third-order valence-electron chi connectivity index (χ3n) is 3.11. The van der Waals surface area contributed by atoms with E-state index < -0.39 is 0 Å². The quantitative estimate of drug-likeness (QED) is 0.172. The summed E-state index contributed by atoms with van der Waals surface area (Å²) in [5.74, 6) is 0.825. The van der Waals surface area contributed by atoms with Crippen molar-refractivity contribution in [3.05, 3.63) is 35.4 Å². The first kappa shape index (κ1) is 23.4. The smallest absolute Gasteiger partial charge is 0.188 e. The minimum Gasteiger partial charge on any atom is -0.383 e. The van der Waals surface area contributed by atoms with E-state index >= 15 is 0 Å². The fraction of sp³-hybridized carbons (Fsp3) is 0.500. The third kappa shape index (κ3) is 11.6. The van der Waals surface area contributed by atoms with Crippen molar-refractivity contribution < 1.29 is 9.47 Å². The van der Waals surface area contributed by atoms with E-state index in [2.05, 4.69) is 20.6 Å². The fourth-order valence-electron chi connectivity index (χ4n) is 1.78. The van der Waals surface area contributed by atoms with Crippen LogP contribution in [0.15, 0.2) is 34.3 Å². The number of ether oxygens (including phenoxy) is 2. The Hall–Kier alpha value is -1.59. The lowest BCUT2D eigenvalue weighted by atomic mass is 10.1. The van der Waals surface area contributed by atoms with E-state index in [9.17, 15) is 0 Å². The van der Waals surface area contributed by atoms with Crippen LogP contribution in [0.2, 0.25) is 0 Å². The molecule has 0 aromatic heterocycles. The first-order valence-electron chi connectivity index (χ1n) is 7.79. The zero-order chi connectivity index (χ0) is 17.6. The lowest BCUT2D eigenvalue weighted by Gasteiger charge is -2.06. The monoisotopic (exact) mass is 464 g/mol.